The molecule has 0 amide bonds. The molecule has 0 heterocycles. The molecule has 2 aromatic carbocycles. The zero-order valence-corrected chi connectivity index (χ0v) is 13.1. The number of hydrogen-bond acceptors (Lipinski definition) is 2. The van der Waals surface area contributed by atoms with Crippen LogP contribution in [0.25, 0.3) is 10.8 Å². The zero-order valence-electron chi connectivity index (χ0n) is 13.1. The normalized spacial score (nSPS) is 17.2. The van der Waals surface area contributed by atoms with Gasteiger partial charge in [-0.25, -0.2) is 0 Å². The molecule has 1 N–H and O–H groups in total. The van der Waals surface area contributed by atoms with Gasteiger partial charge in [0.25, 0.3) is 0 Å². The van der Waals surface area contributed by atoms with Crippen LogP contribution in [-0.2, 0) is 0 Å². The first-order valence-electron chi connectivity index (χ1n) is 8.14. The Balaban J connectivity index is 2.08. The molecule has 0 radical (unpaired) electrons. The van der Waals surface area contributed by atoms with E-state index in [1.807, 2.05) is 0 Å². The van der Waals surface area contributed by atoms with E-state index in [4.69, 9.17) is 4.74 Å². The molecule has 2 heteroatoms. The Hall–Kier alpha value is -1.54. The molecule has 3 rings (SSSR count). The molecule has 0 spiro atoms. The second-order valence-corrected chi connectivity index (χ2v) is 5.98. The van der Waals surface area contributed by atoms with Crippen LogP contribution in [0.15, 0.2) is 36.4 Å². The monoisotopic (exact) mass is 283 g/mol. The fourth-order valence-corrected chi connectivity index (χ4v) is 3.79. The largest absolute Gasteiger partial charge is 0.496 e. The van der Waals surface area contributed by atoms with Crippen molar-refractivity contribution >= 4 is 10.8 Å². The smallest absolute Gasteiger partial charge is 0.126 e. The molecule has 2 aromatic rings. The molecule has 112 valence electrons. The van der Waals surface area contributed by atoms with Crippen molar-refractivity contribution in [1.82, 2.24) is 5.32 Å². The van der Waals surface area contributed by atoms with E-state index in [0.717, 1.165) is 18.2 Å². The lowest BCUT2D eigenvalue weighted by molar-refractivity contribution is 0.376. The maximum Gasteiger partial charge on any atom is 0.126 e. The Labute approximate surface area is 127 Å². The van der Waals surface area contributed by atoms with E-state index in [1.54, 1.807) is 7.11 Å². The Kier molecular flexibility index (Phi) is 4.45. The average Bonchev–Trinajstić information content (AvgIpc) is 3.06. The highest BCUT2D eigenvalue weighted by molar-refractivity contribution is 5.91. The Morgan fingerprint density at radius 3 is 2.48 bits per heavy atom. The summed E-state index contributed by atoms with van der Waals surface area (Å²) in [5.41, 5.74) is 1.43. The number of ether oxygens (including phenoxy) is 1. The third kappa shape index (κ3) is 2.77. The summed E-state index contributed by atoms with van der Waals surface area (Å²) >= 11 is 0. The Morgan fingerprint density at radius 1 is 1.10 bits per heavy atom. The van der Waals surface area contributed by atoms with Crippen molar-refractivity contribution in [3.05, 3.63) is 42.0 Å². The molecular formula is C19H25NO. The van der Waals surface area contributed by atoms with Gasteiger partial charge < -0.3 is 10.1 Å². The first-order valence-corrected chi connectivity index (χ1v) is 8.14. The van der Waals surface area contributed by atoms with Gasteiger partial charge in [0.2, 0.25) is 0 Å². The molecule has 1 aliphatic rings. The number of benzene rings is 2. The minimum absolute atomic E-state index is 0.466. The fraction of sp³-hybridized carbons (Fsp3) is 0.474. The highest BCUT2D eigenvalue weighted by Crippen LogP contribution is 2.39. The minimum atomic E-state index is 0.466. The summed E-state index contributed by atoms with van der Waals surface area (Å²) in [5, 5.41) is 6.28. The molecule has 0 aromatic heterocycles. The van der Waals surface area contributed by atoms with Crippen molar-refractivity contribution in [2.75, 3.05) is 13.7 Å². The van der Waals surface area contributed by atoms with Crippen LogP contribution in [-0.4, -0.2) is 13.7 Å². The van der Waals surface area contributed by atoms with Gasteiger partial charge in [0.1, 0.15) is 5.75 Å². The number of nitrogens with one attached hydrogen (secondary N) is 1. The average molecular weight is 283 g/mol. The van der Waals surface area contributed by atoms with E-state index in [9.17, 15) is 0 Å². The number of fused-ring (bicyclic) bond motifs is 1. The van der Waals surface area contributed by atoms with Crippen molar-refractivity contribution in [2.45, 2.75) is 38.6 Å². The van der Waals surface area contributed by atoms with Gasteiger partial charge in [0.15, 0.2) is 0 Å². The first kappa shape index (κ1) is 14.4. The first-order chi connectivity index (χ1) is 10.3. The van der Waals surface area contributed by atoms with Gasteiger partial charge in [-0.1, -0.05) is 50.1 Å². The van der Waals surface area contributed by atoms with Crippen LogP contribution in [0.5, 0.6) is 5.75 Å². The van der Waals surface area contributed by atoms with E-state index in [1.165, 1.54) is 42.0 Å². The quantitative estimate of drug-likeness (QED) is 0.859. The third-order valence-electron chi connectivity index (χ3n) is 4.77. The summed E-state index contributed by atoms with van der Waals surface area (Å²) in [6.07, 6.45) is 5.44. The molecule has 2 nitrogen and oxygen atoms in total. The van der Waals surface area contributed by atoms with Crippen LogP contribution in [0.1, 0.15) is 44.2 Å². The fourth-order valence-electron chi connectivity index (χ4n) is 3.79. The standard InChI is InChI=1S/C19H25NO/c1-3-20-19(14-8-4-5-9-14)17-12-13-18(21-2)16-11-7-6-10-15(16)17/h6-7,10-14,19-20H,3-5,8-9H2,1-2H3. The van der Waals surface area contributed by atoms with Crippen LogP contribution >= 0.6 is 0 Å². The summed E-state index contributed by atoms with van der Waals surface area (Å²) in [5.74, 6) is 1.73. The van der Waals surface area contributed by atoms with E-state index < -0.39 is 0 Å². The summed E-state index contributed by atoms with van der Waals surface area (Å²) in [4.78, 5) is 0. The van der Waals surface area contributed by atoms with E-state index >= 15 is 0 Å². The topological polar surface area (TPSA) is 21.3 Å². The number of methoxy groups -OCH3 is 1. The van der Waals surface area contributed by atoms with Crippen LogP contribution in [0.4, 0.5) is 0 Å². The molecule has 21 heavy (non-hydrogen) atoms. The van der Waals surface area contributed by atoms with Crippen LogP contribution in [0.2, 0.25) is 0 Å². The molecule has 0 bridgehead atoms. The van der Waals surface area contributed by atoms with Crippen molar-refractivity contribution < 1.29 is 4.74 Å². The highest BCUT2D eigenvalue weighted by Gasteiger charge is 2.27. The summed E-state index contributed by atoms with van der Waals surface area (Å²) in [7, 11) is 1.75. The third-order valence-corrected chi connectivity index (χ3v) is 4.77. The number of rotatable bonds is 5. The molecule has 1 saturated carbocycles. The number of hydrogen-bond donors (Lipinski definition) is 1. The van der Waals surface area contributed by atoms with E-state index in [2.05, 4.69) is 48.6 Å². The molecule has 1 unspecified atom stereocenters. The van der Waals surface area contributed by atoms with Gasteiger partial charge in [0, 0.05) is 11.4 Å². The zero-order chi connectivity index (χ0) is 14.7. The van der Waals surface area contributed by atoms with Crippen molar-refractivity contribution in [2.24, 2.45) is 5.92 Å². The van der Waals surface area contributed by atoms with Gasteiger partial charge in [-0.3, -0.25) is 0 Å². The van der Waals surface area contributed by atoms with Crippen molar-refractivity contribution in [3.63, 3.8) is 0 Å². The maximum absolute atomic E-state index is 5.53. The SMILES string of the molecule is CCNC(c1ccc(OC)c2ccccc12)C1CCCC1. The van der Waals surface area contributed by atoms with Gasteiger partial charge in [-0.15, -0.1) is 0 Å². The lowest BCUT2D eigenvalue weighted by Gasteiger charge is -2.26. The predicted molar refractivity (Wildman–Crippen MR) is 88.9 cm³/mol. The molecule has 1 fully saturated rings. The molecule has 1 aliphatic carbocycles. The van der Waals surface area contributed by atoms with Gasteiger partial charge in [0.05, 0.1) is 7.11 Å². The van der Waals surface area contributed by atoms with Crippen LogP contribution < -0.4 is 10.1 Å². The Bertz CT molecular complexity index is 602. The highest BCUT2D eigenvalue weighted by atomic mass is 16.5. The molecule has 0 saturated heterocycles. The molecule has 1 atom stereocenters. The second-order valence-electron chi connectivity index (χ2n) is 5.98. The maximum atomic E-state index is 5.53. The molecule has 0 aliphatic heterocycles. The van der Waals surface area contributed by atoms with Crippen molar-refractivity contribution in [3.8, 4) is 5.75 Å². The van der Waals surface area contributed by atoms with Crippen LogP contribution in [0.3, 0.4) is 0 Å². The Morgan fingerprint density at radius 2 is 1.81 bits per heavy atom. The molecular weight excluding hydrogens is 258 g/mol. The summed E-state index contributed by atoms with van der Waals surface area (Å²) in [6.45, 7) is 3.22. The second kappa shape index (κ2) is 6.48. The summed E-state index contributed by atoms with van der Waals surface area (Å²) in [6, 6.07) is 13.5. The lowest BCUT2D eigenvalue weighted by Crippen LogP contribution is -2.27. The van der Waals surface area contributed by atoms with E-state index in [0.29, 0.717) is 6.04 Å². The lowest BCUT2D eigenvalue weighted by atomic mass is 9.88. The van der Waals surface area contributed by atoms with E-state index in [-0.39, 0.29) is 0 Å². The van der Waals surface area contributed by atoms with Gasteiger partial charge >= 0.3 is 0 Å². The predicted octanol–water partition coefficient (Wildman–Crippen LogP) is 4.69. The van der Waals surface area contributed by atoms with Crippen LogP contribution in [0, 0.1) is 5.92 Å². The van der Waals surface area contributed by atoms with Gasteiger partial charge in [-0.2, -0.15) is 0 Å². The van der Waals surface area contributed by atoms with Crippen molar-refractivity contribution in [1.29, 1.82) is 0 Å². The summed E-state index contributed by atoms with van der Waals surface area (Å²) < 4.78 is 5.53. The minimum Gasteiger partial charge on any atom is -0.496 e. The van der Waals surface area contributed by atoms with Gasteiger partial charge in [-0.05, 0) is 42.3 Å².